The van der Waals surface area contributed by atoms with Crippen molar-refractivity contribution in [1.82, 2.24) is 15.6 Å². The third kappa shape index (κ3) is 4.30. The Bertz CT molecular complexity index is 908. The summed E-state index contributed by atoms with van der Waals surface area (Å²) in [5, 5.41) is 7.62. The Balaban J connectivity index is 1.53. The van der Waals surface area contributed by atoms with Crippen LogP contribution in [0.4, 0.5) is 0 Å². The number of oxazole rings is 1. The summed E-state index contributed by atoms with van der Waals surface area (Å²) in [5.74, 6) is -0.213. The van der Waals surface area contributed by atoms with Gasteiger partial charge in [-0.2, -0.15) is 0 Å². The molecule has 0 saturated carbocycles. The van der Waals surface area contributed by atoms with Crippen molar-refractivity contribution in [2.45, 2.75) is 19.5 Å². The molecule has 0 spiro atoms. The number of halogens is 1. The molecule has 1 aromatic carbocycles. The van der Waals surface area contributed by atoms with Gasteiger partial charge in [-0.3, -0.25) is 9.59 Å². The van der Waals surface area contributed by atoms with Crippen molar-refractivity contribution in [3.05, 3.63) is 64.3 Å². The number of carbonyl (C=O) groups excluding carboxylic acids is 2. The zero-order valence-electron chi connectivity index (χ0n) is 13.9. The number of hydrogen-bond acceptors (Lipinski definition) is 5. The lowest BCUT2D eigenvalue weighted by molar-refractivity contribution is -0.122. The van der Waals surface area contributed by atoms with E-state index in [0.29, 0.717) is 22.2 Å². The number of carbonyl (C=O) groups is 2. The molecule has 0 fully saturated rings. The predicted octanol–water partition coefficient (Wildman–Crippen LogP) is 3.49. The molecule has 0 saturated heterocycles. The standard InChI is InChI=1S/C18H16ClN3O3S/c1-11(21-17(24)13-5-2-3-6-14(13)19)16(23)20-9-12-10-25-18(22-12)15-7-4-8-26-15/h2-8,10-11H,9H2,1H3,(H,20,23)(H,21,24). The van der Waals surface area contributed by atoms with E-state index >= 15 is 0 Å². The maximum atomic E-state index is 12.2. The number of hydrogen-bond donors (Lipinski definition) is 2. The van der Waals surface area contributed by atoms with Gasteiger partial charge in [0, 0.05) is 0 Å². The van der Waals surface area contributed by atoms with Crippen LogP contribution in [0, 0.1) is 0 Å². The molecule has 2 amide bonds. The van der Waals surface area contributed by atoms with Gasteiger partial charge in [0.05, 0.1) is 27.7 Å². The second-order valence-corrected chi connectivity index (χ2v) is 6.87. The van der Waals surface area contributed by atoms with Crippen molar-refractivity contribution in [3.8, 4) is 10.8 Å². The molecule has 1 unspecified atom stereocenters. The van der Waals surface area contributed by atoms with Crippen molar-refractivity contribution in [1.29, 1.82) is 0 Å². The number of nitrogens with zero attached hydrogens (tertiary/aromatic N) is 1. The summed E-state index contributed by atoms with van der Waals surface area (Å²) >= 11 is 7.51. The fraction of sp³-hybridized carbons (Fsp3) is 0.167. The SMILES string of the molecule is CC(NC(=O)c1ccccc1Cl)C(=O)NCc1coc(-c2cccs2)n1. The quantitative estimate of drug-likeness (QED) is 0.675. The first-order valence-electron chi connectivity index (χ1n) is 7.86. The largest absolute Gasteiger partial charge is 0.443 e. The number of nitrogens with one attached hydrogen (secondary N) is 2. The van der Waals surface area contributed by atoms with Gasteiger partial charge < -0.3 is 15.1 Å². The number of rotatable bonds is 6. The number of aromatic nitrogens is 1. The number of amides is 2. The topological polar surface area (TPSA) is 84.2 Å². The van der Waals surface area contributed by atoms with E-state index < -0.39 is 11.9 Å². The highest BCUT2D eigenvalue weighted by Gasteiger charge is 2.18. The minimum absolute atomic E-state index is 0.208. The Kier molecular flexibility index (Phi) is 5.70. The monoisotopic (exact) mass is 389 g/mol. The minimum atomic E-state index is -0.720. The highest BCUT2D eigenvalue weighted by Crippen LogP contribution is 2.23. The van der Waals surface area contributed by atoms with Gasteiger partial charge in [-0.25, -0.2) is 4.98 Å². The molecule has 134 valence electrons. The second-order valence-electron chi connectivity index (χ2n) is 5.51. The molecule has 2 heterocycles. The van der Waals surface area contributed by atoms with Crippen LogP contribution in [-0.2, 0) is 11.3 Å². The van der Waals surface area contributed by atoms with Crippen molar-refractivity contribution in [2.75, 3.05) is 0 Å². The summed E-state index contributed by atoms with van der Waals surface area (Å²) in [4.78, 5) is 29.6. The summed E-state index contributed by atoms with van der Waals surface area (Å²) in [6.07, 6.45) is 1.50. The van der Waals surface area contributed by atoms with E-state index in [1.807, 2.05) is 17.5 Å². The molecule has 0 aliphatic heterocycles. The molecule has 3 rings (SSSR count). The van der Waals surface area contributed by atoms with E-state index in [4.69, 9.17) is 16.0 Å². The molecule has 0 radical (unpaired) electrons. The summed E-state index contributed by atoms with van der Waals surface area (Å²) in [7, 11) is 0. The lowest BCUT2D eigenvalue weighted by atomic mass is 10.2. The molecule has 2 aromatic heterocycles. The van der Waals surface area contributed by atoms with Crippen LogP contribution in [0.5, 0.6) is 0 Å². The van der Waals surface area contributed by atoms with Gasteiger partial charge in [-0.15, -0.1) is 11.3 Å². The highest BCUT2D eigenvalue weighted by molar-refractivity contribution is 7.13. The number of benzene rings is 1. The van der Waals surface area contributed by atoms with Crippen LogP contribution >= 0.6 is 22.9 Å². The molecule has 26 heavy (non-hydrogen) atoms. The van der Waals surface area contributed by atoms with E-state index in [2.05, 4.69) is 15.6 Å². The molecule has 6 nitrogen and oxygen atoms in total. The molecule has 3 aromatic rings. The van der Waals surface area contributed by atoms with Crippen LogP contribution in [0.3, 0.4) is 0 Å². The minimum Gasteiger partial charge on any atom is -0.443 e. The van der Waals surface area contributed by atoms with Crippen molar-refractivity contribution in [2.24, 2.45) is 0 Å². The maximum Gasteiger partial charge on any atom is 0.253 e. The van der Waals surface area contributed by atoms with E-state index in [1.165, 1.54) is 17.6 Å². The summed E-state index contributed by atoms with van der Waals surface area (Å²) < 4.78 is 5.40. The summed E-state index contributed by atoms with van der Waals surface area (Å²) in [6.45, 7) is 1.81. The first-order valence-corrected chi connectivity index (χ1v) is 9.11. The third-order valence-electron chi connectivity index (χ3n) is 3.59. The Hall–Kier alpha value is -2.64. The predicted molar refractivity (Wildman–Crippen MR) is 100 cm³/mol. The molecule has 2 N–H and O–H groups in total. The van der Waals surface area contributed by atoms with Crippen molar-refractivity contribution >= 4 is 34.8 Å². The van der Waals surface area contributed by atoms with Crippen molar-refractivity contribution < 1.29 is 14.0 Å². The zero-order valence-corrected chi connectivity index (χ0v) is 15.4. The Labute approximate surface area is 159 Å². The first kappa shape index (κ1) is 18.2. The van der Waals surface area contributed by atoms with Gasteiger partial charge in [0.2, 0.25) is 11.8 Å². The van der Waals surface area contributed by atoms with Crippen LogP contribution in [0.25, 0.3) is 10.8 Å². The summed E-state index contributed by atoms with van der Waals surface area (Å²) in [6, 6.07) is 9.77. The molecule has 0 aliphatic rings. The van der Waals surface area contributed by atoms with Gasteiger partial charge in [0.1, 0.15) is 12.3 Å². The van der Waals surface area contributed by atoms with Crippen LogP contribution < -0.4 is 10.6 Å². The maximum absolute atomic E-state index is 12.2. The molecule has 0 aliphatic carbocycles. The molecule has 1 atom stereocenters. The zero-order chi connectivity index (χ0) is 18.5. The van der Waals surface area contributed by atoms with Gasteiger partial charge in [0.15, 0.2) is 0 Å². The van der Waals surface area contributed by atoms with Gasteiger partial charge in [-0.1, -0.05) is 29.8 Å². The molecule has 0 bridgehead atoms. The molecule has 8 heteroatoms. The molecular formula is C18H16ClN3O3S. The van der Waals surface area contributed by atoms with E-state index in [9.17, 15) is 9.59 Å². The van der Waals surface area contributed by atoms with Crippen LogP contribution in [-0.4, -0.2) is 22.8 Å². The first-order chi connectivity index (χ1) is 12.5. The summed E-state index contributed by atoms with van der Waals surface area (Å²) in [5.41, 5.74) is 0.928. The van der Waals surface area contributed by atoms with Gasteiger partial charge in [-0.05, 0) is 30.5 Å². The lowest BCUT2D eigenvalue weighted by Crippen LogP contribution is -2.44. The second kappa shape index (κ2) is 8.16. The third-order valence-corrected chi connectivity index (χ3v) is 4.77. The van der Waals surface area contributed by atoms with E-state index in [1.54, 1.807) is 31.2 Å². The molecular weight excluding hydrogens is 374 g/mol. The van der Waals surface area contributed by atoms with Crippen molar-refractivity contribution in [3.63, 3.8) is 0 Å². The van der Waals surface area contributed by atoms with Gasteiger partial charge >= 0.3 is 0 Å². The Morgan fingerprint density at radius 3 is 2.81 bits per heavy atom. The van der Waals surface area contributed by atoms with Crippen LogP contribution in [0.15, 0.2) is 52.5 Å². The van der Waals surface area contributed by atoms with E-state index in [-0.39, 0.29) is 12.5 Å². The fourth-order valence-corrected chi connectivity index (χ4v) is 3.09. The average molecular weight is 390 g/mol. The highest BCUT2D eigenvalue weighted by atomic mass is 35.5. The average Bonchev–Trinajstić information content (AvgIpc) is 3.31. The van der Waals surface area contributed by atoms with Crippen LogP contribution in [0.1, 0.15) is 23.0 Å². The van der Waals surface area contributed by atoms with E-state index in [0.717, 1.165) is 4.88 Å². The fourth-order valence-electron chi connectivity index (χ4n) is 2.22. The Morgan fingerprint density at radius 1 is 1.27 bits per heavy atom. The lowest BCUT2D eigenvalue weighted by Gasteiger charge is -2.14. The van der Waals surface area contributed by atoms with Crippen LogP contribution in [0.2, 0.25) is 5.02 Å². The normalized spacial score (nSPS) is 11.8. The van der Waals surface area contributed by atoms with Gasteiger partial charge in [0.25, 0.3) is 5.91 Å². The smallest absolute Gasteiger partial charge is 0.253 e. The Morgan fingerprint density at radius 2 is 2.08 bits per heavy atom. The number of thiophene rings is 1.